The molecule has 16 rings (SSSR count). The number of hydrogen-bond acceptors (Lipinski definition) is 0. The Balaban J connectivity index is 0.000000190. The van der Waals surface area contributed by atoms with Crippen molar-refractivity contribution in [2.75, 3.05) is 0 Å². The molecule has 0 aliphatic rings. The summed E-state index contributed by atoms with van der Waals surface area (Å²) >= 11 is 0. The van der Waals surface area contributed by atoms with E-state index in [1.54, 1.807) is 0 Å². The first-order chi connectivity index (χ1) is 57.6. The molecule has 0 nitrogen and oxygen atoms in total. The standard InChI is InChI=1S/C61H66.C58H57F3/c1-36(2)41-14-20-44(21-15-41)53-33-49(40(9)10)34-54-58(46-24-18-43(19-25-46)38(5)6)60-55(57(59(53)54)47-26-29-51(30-27-47)61(11,12)13)35-50-32-48(39(7)8)28-31-52(50)56(60)45-22-16-42(17-23-45)37(3)4;1-54(2,3)41-26-22-36(23-27-41)46-34-44(57(10,11)58(59,60)61)35-48-51(38-20-16-13-17-21-38)53-47(50(52(46)48)37-18-14-12-15-19-37)33-40-32-43(56(7,8)9)30-31-45(40)49(53)39-24-28-42(29-25-39)55(4,5)6/h14-40H,1-13H3;12-35H,1-11H3. The molecule has 0 saturated heterocycles. The Labute approximate surface area is 725 Å². The quantitative estimate of drug-likeness (QED) is 0.0952. The molecule has 0 bridgehead atoms. The van der Waals surface area contributed by atoms with Crippen molar-refractivity contribution in [3.05, 3.63) is 335 Å². The Morgan fingerprint density at radius 3 is 0.820 bits per heavy atom. The number of hydrogen-bond donors (Lipinski definition) is 0. The van der Waals surface area contributed by atoms with Crippen LogP contribution in [0.25, 0.3) is 154 Å². The smallest absolute Gasteiger partial charge is 0.170 e. The summed E-state index contributed by atoms with van der Waals surface area (Å²) in [5.41, 5.74) is 27.6. The number of benzene rings is 16. The minimum absolute atomic E-state index is 0.0446. The van der Waals surface area contributed by atoms with Crippen molar-refractivity contribution in [2.45, 2.75) is 229 Å². The highest BCUT2D eigenvalue weighted by molar-refractivity contribution is 6.33. The van der Waals surface area contributed by atoms with Crippen LogP contribution in [0.3, 0.4) is 0 Å². The van der Waals surface area contributed by atoms with Gasteiger partial charge in [-0.2, -0.15) is 13.2 Å². The monoisotopic (exact) mass is 1610 g/mol. The lowest BCUT2D eigenvalue weighted by atomic mass is 9.75. The first kappa shape index (κ1) is 85.8. The molecule has 122 heavy (non-hydrogen) atoms. The fourth-order valence-electron chi connectivity index (χ4n) is 18.2. The average Bonchev–Trinajstić information content (AvgIpc) is 0.702. The Morgan fingerprint density at radius 1 is 0.197 bits per heavy atom. The molecule has 0 heterocycles. The van der Waals surface area contributed by atoms with Gasteiger partial charge in [-0.1, -0.05) is 407 Å². The summed E-state index contributed by atoms with van der Waals surface area (Å²) in [6.07, 6.45) is -4.50. The molecule has 0 aliphatic carbocycles. The van der Waals surface area contributed by atoms with Gasteiger partial charge in [0.1, 0.15) is 0 Å². The zero-order chi connectivity index (χ0) is 87.4. The molecule has 0 aliphatic heterocycles. The van der Waals surface area contributed by atoms with E-state index in [9.17, 15) is 0 Å². The molecule has 0 aromatic heterocycles. The van der Waals surface area contributed by atoms with Crippen LogP contribution in [0.2, 0.25) is 0 Å². The van der Waals surface area contributed by atoms with Crippen LogP contribution in [0, 0.1) is 0 Å². The third-order valence-electron chi connectivity index (χ3n) is 26.2. The van der Waals surface area contributed by atoms with Crippen molar-refractivity contribution in [3.63, 3.8) is 0 Å². The molecular weight excluding hydrogens is 1490 g/mol. The van der Waals surface area contributed by atoms with Crippen LogP contribution in [0.5, 0.6) is 0 Å². The van der Waals surface area contributed by atoms with Gasteiger partial charge in [-0.15, -0.1) is 0 Å². The Bertz CT molecular complexity index is 6580. The summed E-state index contributed by atoms with van der Waals surface area (Å²) in [4.78, 5) is 0. The molecular formula is C119H123F3. The third kappa shape index (κ3) is 16.4. The zero-order valence-corrected chi connectivity index (χ0v) is 76.6. The van der Waals surface area contributed by atoms with Crippen LogP contribution < -0.4 is 0 Å². The maximum absolute atomic E-state index is 15.4. The Hall–Kier alpha value is -11.1. The maximum atomic E-state index is 15.4. The fraction of sp³-hybridized carbons (Fsp3) is 0.294. The molecule has 0 radical (unpaired) electrons. The molecule has 0 unspecified atom stereocenters. The average molecular weight is 1610 g/mol. The first-order valence-electron chi connectivity index (χ1n) is 44.5. The lowest BCUT2D eigenvalue weighted by Gasteiger charge is -2.31. The Morgan fingerprint density at radius 2 is 0.467 bits per heavy atom. The molecule has 0 amide bonds. The van der Waals surface area contributed by atoms with Crippen molar-refractivity contribution < 1.29 is 13.2 Å². The van der Waals surface area contributed by atoms with Crippen LogP contribution in [0.4, 0.5) is 13.2 Å². The second-order valence-electron chi connectivity index (χ2n) is 40.9. The van der Waals surface area contributed by atoms with Gasteiger partial charge in [0.15, 0.2) is 0 Å². The van der Waals surface area contributed by atoms with E-state index >= 15 is 13.2 Å². The van der Waals surface area contributed by atoms with Gasteiger partial charge in [0, 0.05) is 0 Å². The third-order valence-corrected chi connectivity index (χ3v) is 26.2. The van der Waals surface area contributed by atoms with Crippen molar-refractivity contribution in [3.8, 4) is 89.0 Å². The van der Waals surface area contributed by atoms with Gasteiger partial charge < -0.3 is 0 Å². The van der Waals surface area contributed by atoms with Gasteiger partial charge in [0.05, 0.1) is 5.41 Å². The van der Waals surface area contributed by atoms with Crippen molar-refractivity contribution in [2.24, 2.45) is 0 Å². The van der Waals surface area contributed by atoms with E-state index in [-0.39, 0.29) is 27.2 Å². The van der Waals surface area contributed by atoms with Gasteiger partial charge in [-0.25, -0.2) is 0 Å². The number of alkyl halides is 3. The highest BCUT2D eigenvalue weighted by Crippen LogP contribution is 2.57. The van der Waals surface area contributed by atoms with E-state index < -0.39 is 11.6 Å². The van der Waals surface area contributed by atoms with Crippen LogP contribution >= 0.6 is 0 Å². The van der Waals surface area contributed by atoms with Gasteiger partial charge in [-0.3, -0.25) is 0 Å². The van der Waals surface area contributed by atoms with Crippen LogP contribution in [0.1, 0.15) is 251 Å². The van der Waals surface area contributed by atoms with E-state index in [2.05, 4.69) is 395 Å². The molecule has 3 heteroatoms. The molecule has 16 aromatic carbocycles. The van der Waals surface area contributed by atoms with E-state index in [1.165, 1.54) is 135 Å². The number of rotatable bonds is 14. The van der Waals surface area contributed by atoms with E-state index in [4.69, 9.17) is 0 Å². The summed E-state index contributed by atoms with van der Waals surface area (Å²) in [6, 6.07) is 104. The second kappa shape index (κ2) is 32.6. The highest BCUT2D eigenvalue weighted by Gasteiger charge is 2.49. The molecule has 0 fully saturated rings. The fourth-order valence-corrected chi connectivity index (χ4v) is 18.2. The molecule has 0 spiro atoms. The maximum Gasteiger partial charge on any atom is 0.397 e. The van der Waals surface area contributed by atoms with Crippen molar-refractivity contribution >= 4 is 64.6 Å². The lowest BCUT2D eigenvalue weighted by molar-refractivity contribution is -0.180. The summed E-state index contributed by atoms with van der Waals surface area (Å²) in [5, 5.41) is 13.9. The summed E-state index contributed by atoms with van der Waals surface area (Å²) < 4.78 is 46.1. The second-order valence-corrected chi connectivity index (χ2v) is 40.9. The minimum Gasteiger partial charge on any atom is -0.170 e. The van der Waals surface area contributed by atoms with Crippen LogP contribution in [-0.2, 0) is 27.1 Å². The first-order valence-corrected chi connectivity index (χ1v) is 44.5. The topological polar surface area (TPSA) is 0 Å². The SMILES string of the molecule is CC(C)(C)c1ccc(-c2cc(C(C)(C)C(F)(F)F)cc3c(-c4ccccc4)c4c(-c5ccc(C(C)(C)C)cc5)c5ccc(C(C)(C)C)cc5cc4c(-c4ccccc4)c23)cc1.CC(C)c1ccc(-c2cc(C(C)C)cc3c(-c4ccc(C(C)C)cc4)c4c(-c5ccc(C(C)C)cc5)c5ccc(C(C)C)cc5cc4c(-c4ccc(C(C)(C)C)cc4)c23)cc1. The minimum atomic E-state index is -4.50. The van der Waals surface area contributed by atoms with Crippen LogP contribution in [-0.4, -0.2) is 6.18 Å². The lowest BCUT2D eigenvalue weighted by Crippen LogP contribution is -2.36. The Kier molecular flexibility index (Phi) is 22.9. The van der Waals surface area contributed by atoms with Crippen molar-refractivity contribution in [1.29, 1.82) is 0 Å². The molecule has 620 valence electrons. The van der Waals surface area contributed by atoms with Gasteiger partial charge in [0.2, 0.25) is 0 Å². The zero-order valence-electron chi connectivity index (χ0n) is 76.6. The van der Waals surface area contributed by atoms with E-state index in [0.717, 1.165) is 82.4 Å². The van der Waals surface area contributed by atoms with Gasteiger partial charge in [0.25, 0.3) is 0 Å². The van der Waals surface area contributed by atoms with Gasteiger partial charge >= 0.3 is 6.18 Å². The predicted octanol–water partition coefficient (Wildman–Crippen LogP) is 36.3. The molecule has 16 aromatic rings. The summed E-state index contributed by atoms with van der Waals surface area (Å²) in [6.45, 7) is 52.6. The summed E-state index contributed by atoms with van der Waals surface area (Å²) in [5.74, 6) is 2.12. The molecule has 0 atom stereocenters. The van der Waals surface area contributed by atoms with E-state index in [0.29, 0.717) is 29.6 Å². The van der Waals surface area contributed by atoms with Crippen molar-refractivity contribution in [1.82, 2.24) is 0 Å². The van der Waals surface area contributed by atoms with Crippen LogP contribution in [0.15, 0.2) is 279 Å². The highest BCUT2D eigenvalue weighted by atomic mass is 19.4. The van der Waals surface area contributed by atoms with Gasteiger partial charge in [-0.05, 0) is 299 Å². The predicted molar refractivity (Wildman–Crippen MR) is 526 cm³/mol. The molecule has 0 saturated carbocycles. The summed E-state index contributed by atoms with van der Waals surface area (Å²) in [7, 11) is 0. The number of fused-ring (bicyclic) bond motifs is 6. The van der Waals surface area contributed by atoms with E-state index in [1.807, 2.05) is 36.4 Å². The normalized spacial score (nSPS) is 12.8. The number of halogens is 3. The largest absolute Gasteiger partial charge is 0.397 e. The molecule has 0 N–H and O–H groups in total.